The van der Waals surface area contributed by atoms with Gasteiger partial charge in [-0.15, -0.1) is 11.8 Å². The molecule has 0 unspecified atom stereocenters. The van der Waals surface area contributed by atoms with E-state index in [1.807, 2.05) is 25.1 Å². The summed E-state index contributed by atoms with van der Waals surface area (Å²) in [5.74, 6) is 1.61. The second-order valence-electron chi connectivity index (χ2n) is 7.97. The number of methoxy groups -OCH3 is 1. The molecule has 0 aliphatic carbocycles. The van der Waals surface area contributed by atoms with Crippen molar-refractivity contribution in [3.05, 3.63) is 83.4 Å². The topological polar surface area (TPSA) is 27.7 Å². The maximum atomic E-state index is 12.8. The van der Waals surface area contributed by atoms with Crippen LogP contribution in [0.4, 0.5) is 26.3 Å². The third-order valence-electron chi connectivity index (χ3n) is 5.19. The first-order valence-electron chi connectivity index (χ1n) is 10.8. The Labute approximate surface area is 209 Å². The highest BCUT2D eigenvalue weighted by atomic mass is 32.2. The molecule has 10 heteroatoms. The van der Waals surface area contributed by atoms with Crippen molar-refractivity contribution in [2.45, 2.75) is 24.2 Å². The van der Waals surface area contributed by atoms with E-state index in [2.05, 4.69) is 0 Å². The minimum absolute atomic E-state index is 0.133. The first kappa shape index (κ1) is 27.6. The molecular formula is C26H24F6O3S. The van der Waals surface area contributed by atoms with E-state index in [0.29, 0.717) is 5.75 Å². The SMILES string of the molecule is COc1ccc(SCC(COc2ccc(C(F)(F)F)cc2)COc2ccc(C(F)(F)F)cc2)cc1C. The quantitative estimate of drug-likeness (QED) is 0.197. The van der Waals surface area contributed by atoms with Gasteiger partial charge in [0.1, 0.15) is 17.2 Å². The number of alkyl halides is 6. The molecular weight excluding hydrogens is 506 g/mol. The molecule has 36 heavy (non-hydrogen) atoms. The Morgan fingerprint density at radius 3 is 1.58 bits per heavy atom. The minimum Gasteiger partial charge on any atom is -0.496 e. The fourth-order valence-electron chi connectivity index (χ4n) is 3.21. The highest BCUT2D eigenvalue weighted by Crippen LogP contribution is 2.32. The predicted molar refractivity (Wildman–Crippen MR) is 126 cm³/mol. The summed E-state index contributed by atoms with van der Waals surface area (Å²) in [5, 5.41) is 0. The van der Waals surface area contributed by atoms with Crippen molar-refractivity contribution in [3.63, 3.8) is 0 Å². The molecule has 0 spiro atoms. The Hall–Kier alpha value is -3.01. The van der Waals surface area contributed by atoms with Crippen LogP contribution in [0, 0.1) is 12.8 Å². The first-order chi connectivity index (χ1) is 17.0. The van der Waals surface area contributed by atoms with Crippen LogP contribution in [0.25, 0.3) is 0 Å². The Balaban J connectivity index is 1.66. The average Bonchev–Trinajstić information content (AvgIpc) is 2.83. The summed E-state index contributed by atoms with van der Waals surface area (Å²) in [6.07, 6.45) is -8.88. The monoisotopic (exact) mass is 530 g/mol. The van der Waals surface area contributed by atoms with Crippen LogP contribution in [-0.4, -0.2) is 26.1 Å². The number of ether oxygens (including phenoxy) is 3. The summed E-state index contributed by atoms with van der Waals surface area (Å²) in [7, 11) is 1.59. The van der Waals surface area contributed by atoms with Gasteiger partial charge in [-0.25, -0.2) is 0 Å². The normalized spacial score (nSPS) is 12.0. The Morgan fingerprint density at radius 1 is 0.722 bits per heavy atom. The summed E-state index contributed by atoms with van der Waals surface area (Å²) in [6, 6.07) is 14.5. The lowest BCUT2D eigenvalue weighted by Crippen LogP contribution is -2.22. The molecule has 0 amide bonds. The van der Waals surface area contributed by atoms with Gasteiger partial charge in [0.15, 0.2) is 0 Å². The van der Waals surface area contributed by atoms with Crippen LogP contribution < -0.4 is 14.2 Å². The summed E-state index contributed by atoms with van der Waals surface area (Å²) >= 11 is 1.53. The van der Waals surface area contributed by atoms with Crippen molar-refractivity contribution >= 4 is 11.8 Å². The van der Waals surface area contributed by atoms with Crippen LogP contribution >= 0.6 is 11.8 Å². The van der Waals surface area contributed by atoms with E-state index in [4.69, 9.17) is 14.2 Å². The maximum Gasteiger partial charge on any atom is 0.416 e. The van der Waals surface area contributed by atoms with Gasteiger partial charge in [-0.1, -0.05) is 0 Å². The molecule has 0 aromatic heterocycles. The Morgan fingerprint density at radius 2 is 1.19 bits per heavy atom. The standard InChI is InChI=1S/C26H24F6O3S/c1-17-13-23(11-12-24(17)33-2)36-16-18(14-34-21-7-3-19(4-8-21)25(27,28)29)15-35-22-9-5-20(6-10-22)26(30,31)32/h3-13,18H,14-16H2,1-2H3. The maximum absolute atomic E-state index is 12.8. The molecule has 3 aromatic rings. The number of rotatable bonds is 10. The molecule has 0 fully saturated rings. The summed E-state index contributed by atoms with van der Waals surface area (Å²) in [6.45, 7) is 2.18. The molecule has 0 saturated carbocycles. The molecule has 3 aromatic carbocycles. The zero-order valence-electron chi connectivity index (χ0n) is 19.5. The minimum atomic E-state index is -4.44. The van der Waals surface area contributed by atoms with Crippen molar-refractivity contribution < 1.29 is 40.6 Å². The molecule has 0 saturated heterocycles. The van der Waals surface area contributed by atoms with Crippen molar-refractivity contribution in [2.75, 3.05) is 26.1 Å². The zero-order chi connectivity index (χ0) is 26.3. The van der Waals surface area contributed by atoms with Crippen LogP contribution in [0.2, 0.25) is 0 Å². The number of hydrogen-bond acceptors (Lipinski definition) is 4. The van der Waals surface area contributed by atoms with Crippen LogP contribution in [0.3, 0.4) is 0 Å². The zero-order valence-corrected chi connectivity index (χ0v) is 20.3. The average molecular weight is 531 g/mol. The summed E-state index contributed by atoms with van der Waals surface area (Å²) in [4.78, 5) is 0.974. The fourth-order valence-corrected chi connectivity index (χ4v) is 4.25. The lowest BCUT2D eigenvalue weighted by molar-refractivity contribution is -0.138. The van der Waals surface area contributed by atoms with Gasteiger partial charge in [-0.05, 0) is 79.2 Å². The molecule has 3 rings (SSSR count). The van der Waals surface area contributed by atoms with E-state index in [9.17, 15) is 26.3 Å². The molecule has 0 aliphatic heterocycles. The molecule has 0 bridgehead atoms. The molecule has 0 aliphatic rings. The van der Waals surface area contributed by atoms with Crippen LogP contribution in [0.1, 0.15) is 16.7 Å². The van der Waals surface area contributed by atoms with E-state index in [1.165, 1.54) is 36.0 Å². The number of thioether (sulfide) groups is 1. The molecule has 0 heterocycles. The summed E-state index contributed by atoms with van der Waals surface area (Å²) < 4.78 is 93.4. The number of hydrogen-bond donors (Lipinski definition) is 0. The van der Waals surface area contributed by atoms with Crippen LogP contribution in [0.5, 0.6) is 17.2 Å². The van der Waals surface area contributed by atoms with Gasteiger partial charge in [0, 0.05) is 16.6 Å². The largest absolute Gasteiger partial charge is 0.496 e. The van der Waals surface area contributed by atoms with E-state index in [1.54, 1.807) is 7.11 Å². The first-order valence-corrected chi connectivity index (χ1v) is 11.8. The van der Waals surface area contributed by atoms with Crippen LogP contribution in [0.15, 0.2) is 71.6 Å². The van der Waals surface area contributed by atoms with Gasteiger partial charge < -0.3 is 14.2 Å². The fraction of sp³-hybridized carbons (Fsp3) is 0.308. The summed E-state index contributed by atoms with van der Waals surface area (Å²) in [5.41, 5.74) is -0.592. The van der Waals surface area contributed by atoms with Gasteiger partial charge in [0.2, 0.25) is 0 Å². The van der Waals surface area contributed by atoms with Crippen LogP contribution in [-0.2, 0) is 12.4 Å². The third-order valence-corrected chi connectivity index (χ3v) is 6.41. The number of halogens is 6. The Bertz CT molecular complexity index is 1050. The second kappa shape index (κ2) is 11.8. The smallest absolute Gasteiger partial charge is 0.416 e. The van der Waals surface area contributed by atoms with E-state index in [0.717, 1.165) is 40.5 Å². The Kier molecular flexibility index (Phi) is 9.05. The number of benzene rings is 3. The molecule has 0 N–H and O–H groups in total. The van der Waals surface area contributed by atoms with Crippen molar-refractivity contribution in [1.29, 1.82) is 0 Å². The van der Waals surface area contributed by atoms with Gasteiger partial charge in [-0.3, -0.25) is 0 Å². The van der Waals surface area contributed by atoms with E-state index >= 15 is 0 Å². The predicted octanol–water partition coefficient (Wildman–Crippen LogP) is 7.91. The van der Waals surface area contributed by atoms with Crippen molar-refractivity contribution in [3.8, 4) is 17.2 Å². The van der Waals surface area contributed by atoms with Crippen molar-refractivity contribution in [1.82, 2.24) is 0 Å². The lowest BCUT2D eigenvalue weighted by atomic mass is 10.2. The third kappa shape index (κ3) is 8.01. The van der Waals surface area contributed by atoms with E-state index < -0.39 is 23.5 Å². The second-order valence-corrected chi connectivity index (χ2v) is 9.07. The van der Waals surface area contributed by atoms with Gasteiger partial charge >= 0.3 is 12.4 Å². The molecule has 0 atom stereocenters. The highest BCUT2D eigenvalue weighted by molar-refractivity contribution is 7.99. The number of aryl methyl sites for hydroxylation is 1. The molecule has 0 radical (unpaired) electrons. The van der Waals surface area contributed by atoms with E-state index in [-0.39, 0.29) is 30.6 Å². The van der Waals surface area contributed by atoms with Gasteiger partial charge in [0.05, 0.1) is 31.5 Å². The van der Waals surface area contributed by atoms with Gasteiger partial charge in [-0.2, -0.15) is 26.3 Å². The highest BCUT2D eigenvalue weighted by Gasteiger charge is 2.31. The van der Waals surface area contributed by atoms with Crippen molar-refractivity contribution in [2.24, 2.45) is 5.92 Å². The molecule has 3 nitrogen and oxygen atoms in total. The lowest BCUT2D eigenvalue weighted by Gasteiger charge is -2.19. The molecule has 194 valence electrons. The van der Waals surface area contributed by atoms with Gasteiger partial charge in [0.25, 0.3) is 0 Å².